The second-order valence-corrected chi connectivity index (χ2v) is 5.33. The Morgan fingerprint density at radius 3 is 2.26 bits per heavy atom. The van der Waals surface area contributed by atoms with E-state index in [1.54, 1.807) is 0 Å². The van der Waals surface area contributed by atoms with E-state index in [2.05, 4.69) is 32.0 Å². The molecule has 2 aromatic carbocycles. The Labute approximate surface area is 120 Å². The summed E-state index contributed by atoms with van der Waals surface area (Å²) >= 11 is 5.82. The van der Waals surface area contributed by atoms with Gasteiger partial charge in [0.25, 0.3) is 0 Å². The minimum atomic E-state index is 0.532. The Morgan fingerprint density at radius 1 is 1.05 bits per heavy atom. The first-order valence-electron chi connectivity index (χ1n) is 6.53. The van der Waals surface area contributed by atoms with Gasteiger partial charge in [-0.3, -0.25) is 0 Å². The van der Waals surface area contributed by atoms with Crippen LogP contribution in [0, 0.1) is 6.92 Å². The van der Waals surface area contributed by atoms with Crippen molar-refractivity contribution in [2.75, 3.05) is 0 Å². The normalized spacial score (nSPS) is 10.8. The summed E-state index contributed by atoms with van der Waals surface area (Å²) in [5.74, 6) is 2.82. The van der Waals surface area contributed by atoms with E-state index in [1.165, 1.54) is 5.56 Å². The van der Waals surface area contributed by atoms with Crippen LogP contribution in [0.4, 0.5) is 0 Å². The predicted molar refractivity (Wildman–Crippen MR) is 81.3 cm³/mol. The van der Waals surface area contributed by atoms with Crippen LogP contribution in [0.2, 0.25) is 0 Å². The molecule has 0 aliphatic rings. The van der Waals surface area contributed by atoms with Crippen LogP contribution in [0.15, 0.2) is 42.5 Å². The minimum Gasteiger partial charge on any atom is -0.457 e. The third kappa shape index (κ3) is 3.51. The number of aryl methyl sites for hydroxylation is 1. The van der Waals surface area contributed by atoms with Crippen LogP contribution in [0.5, 0.6) is 11.5 Å². The Kier molecular flexibility index (Phi) is 4.49. The molecule has 0 radical (unpaired) electrons. The molecule has 0 saturated heterocycles. The van der Waals surface area contributed by atoms with E-state index in [4.69, 9.17) is 16.3 Å². The van der Waals surface area contributed by atoms with Gasteiger partial charge in [0.15, 0.2) is 0 Å². The third-order valence-corrected chi connectivity index (χ3v) is 3.48. The van der Waals surface area contributed by atoms with Crippen molar-refractivity contribution in [3.8, 4) is 11.5 Å². The SMILES string of the molecule is Cc1cc(CCl)ccc1Oc1ccc(C(C)C)cc1. The number of hydrogen-bond donors (Lipinski definition) is 0. The van der Waals surface area contributed by atoms with E-state index in [-0.39, 0.29) is 0 Å². The first kappa shape index (κ1) is 14.0. The van der Waals surface area contributed by atoms with Gasteiger partial charge in [0.05, 0.1) is 0 Å². The van der Waals surface area contributed by atoms with Crippen LogP contribution in [-0.2, 0) is 5.88 Å². The van der Waals surface area contributed by atoms with Gasteiger partial charge >= 0.3 is 0 Å². The fourth-order valence-electron chi connectivity index (χ4n) is 1.96. The highest BCUT2D eigenvalue weighted by atomic mass is 35.5. The van der Waals surface area contributed by atoms with Gasteiger partial charge in [0, 0.05) is 5.88 Å². The fourth-order valence-corrected chi connectivity index (χ4v) is 2.12. The molecular weight excluding hydrogens is 256 g/mol. The van der Waals surface area contributed by atoms with Gasteiger partial charge in [-0.2, -0.15) is 0 Å². The molecule has 0 amide bonds. The zero-order valence-corrected chi connectivity index (χ0v) is 12.4. The van der Waals surface area contributed by atoms with E-state index in [0.717, 1.165) is 22.6 Å². The number of hydrogen-bond acceptors (Lipinski definition) is 1. The zero-order chi connectivity index (χ0) is 13.8. The molecule has 0 fully saturated rings. The van der Waals surface area contributed by atoms with Gasteiger partial charge in [0.1, 0.15) is 11.5 Å². The van der Waals surface area contributed by atoms with Crippen LogP contribution in [0.3, 0.4) is 0 Å². The number of ether oxygens (including phenoxy) is 1. The Bertz CT molecular complexity index is 544. The summed E-state index contributed by atoms with van der Waals surface area (Å²) < 4.78 is 5.90. The van der Waals surface area contributed by atoms with Crippen molar-refractivity contribution in [2.24, 2.45) is 0 Å². The Hall–Kier alpha value is -1.47. The minimum absolute atomic E-state index is 0.532. The van der Waals surface area contributed by atoms with Crippen LogP contribution in [0.1, 0.15) is 36.5 Å². The first-order chi connectivity index (χ1) is 9.10. The van der Waals surface area contributed by atoms with Gasteiger partial charge in [-0.05, 0) is 47.7 Å². The average Bonchev–Trinajstić information content (AvgIpc) is 2.41. The van der Waals surface area contributed by atoms with E-state index in [9.17, 15) is 0 Å². The summed E-state index contributed by atoms with van der Waals surface area (Å²) in [5.41, 5.74) is 3.54. The van der Waals surface area contributed by atoms with Crippen molar-refractivity contribution < 1.29 is 4.74 Å². The average molecular weight is 275 g/mol. The van der Waals surface area contributed by atoms with Gasteiger partial charge in [0.2, 0.25) is 0 Å². The molecule has 0 aliphatic carbocycles. The molecule has 0 spiro atoms. The molecule has 0 aromatic heterocycles. The lowest BCUT2D eigenvalue weighted by atomic mass is 10.0. The van der Waals surface area contributed by atoms with Crippen molar-refractivity contribution in [3.05, 3.63) is 59.2 Å². The number of alkyl halides is 1. The van der Waals surface area contributed by atoms with Crippen LogP contribution in [-0.4, -0.2) is 0 Å². The molecule has 0 N–H and O–H groups in total. The lowest BCUT2D eigenvalue weighted by molar-refractivity contribution is 0.478. The van der Waals surface area contributed by atoms with Crippen molar-refractivity contribution in [1.29, 1.82) is 0 Å². The van der Waals surface area contributed by atoms with E-state index in [1.807, 2.05) is 31.2 Å². The molecule has 0 unspecified atom stereocenters. The maximum atomic E-state index is 5.90. The summed E-state index contributed by atoms with van der Waals surface area (Å²) in [4.78, 5) is 0. The highest BCUT2D eigenvalue weighted by Gasteiger charge is 2.04. The molecule has 0 bridgehead atoms. The standard InChI is InChI=1S/C17H19ClO/c1-12(2)15-5-7-16(8-6-15)19-17-9-4-14(11-18)10-13(17)3/h4-10,12H,11H2,1-3H3. The summed E-state index contributed by atoms with van der Waals surface area (Å²) in [7, 11) is 0. The smallest absolute Gasteiger partial charge is 0.130 e. The van der Waals surface area contributed by atoms with Crippen molar-refractivity contribution in [3.63, 3.8) is 0 Å². The quantitative estimate of drug-likeness (QED) is 0.655. The van der Waals surface area contributed by atoms with E-state index < -0.39 is 0 Å². The molecule has 0 atom stereocenters. The van der Waals surface area contributed by atoms with Crippen molar-refractivity contribution in [2.45, 2.75) is 32.6 Å². The highest BCUT2D eigenvalue weighted by molar-refractivity contribution is 6.17. The van der Waals surface area contributed by atoms with Crippen LogP contribution < -0.4 is 4.74 Å². The largest absolute Gasteiger partial charge is 0.457 e. The topological polar surface area (TPSA) is 9.23 Å². The summed E-state index contributed by atoms with van der Waals surface area (Å²) in [5, 5.41) is 0. The number of benzene rings is 2. The lowest BCUT2D eigenvalue weighted by Crippen LogP contribution is -1.91. The van der Waals surface area contributed by atoms with Gasteiger partial charge in [-0.1, -0.05) is 38.1 Å². The second kappa shape index (κ2) is 6.12. The summed E-state index contributed by atoms with van der Waals surface area (Å²) in [6, 6.07) is 14.3. The molecule has 19 heavy (non-hydrogen) atoms. The highest BCUT2D eigenvalue weighted by Crippen LogP contribution is 2.27. The monoisotopic (exact) mass is 274 g/mol. The molecule has 100 valence electrons. The van der Waals surface area contributed by atoms with Crippen molar-refractivity contribution >= 4 is 11.6 Å². The maximum Gasteiger partial charge on any atom is 0.130 e. The lowest BCUT2D eigenvalue weighted by Gasteiger charge is -2.11. The maximum absolute atomic E-state index is 5.90. The molecule has 2 heteroatoms. The van der Waals surface area contributed by atoms with Crippen LogP contribution >= 0.6 is 11.6 Å². The van der Waals surface area contributed by atoms with E-state index in [0.29, 0.717) is 11.8 Å². The van der Waals surface area contributed by atoms with Gasteiger partial charge in [-0.25, -0.2) is 0 Å². The van der Waals surface area contributed by atoms with Crippen LogP contribution in [0.25, 0.3) is 0 Å². The molecule has 0 heterocycles. The Balaban J connectivity index is 2.16. The third-order valence-electron chi connectivity index (χ3n) is 3.17. The molecule has 2 rings (SSSR count). The molecule has 1 nitrogen and oxygen atoms in total. The van der Waals surface area contributed by atoms with E-state index >= 15 is 0 Å². The predicted octanol–water partition coefficient (Wildman–Crippen LogP) is 5.65. The number of rotatable bonds is 4. The number of halogens is 1. The molecule has 0 aliphatic heterocycles. The molecule has 0 saturated carbocycles. The fraction of sp³-hybridized carbons (Fsp3) is 0.294. The second-order valence-electron chi connectivity index (χ2n) is 5.06. The zero-order valence-electron chi connectivity index (χ0n) is 11.6. The van der Waals surface area contributed by atoms with Gasteiger partial charge in [-0.15, -0.1) is 11.6 Å². The Morgan fingerprint density at radius 2 is 1.74 bits per heavy atom. The van der Waals surface area contributed by atoms with Gasteiger partial charge < -0.3 is 4.74 Å². The summed E-state index contributed by atoms with van der Waals surface area (Å²) in [6.45, 7) is 6.41. The first-order valence-corrected chi connectivity index (χ1v) is 7.07. The van der Waals surface area contributed by atoms with Crippen molar-refractivity contribution in [1.82, 2.24) is 0 Å². The summed E-state index contributed by atoms with van der Waals surface area (Å²) in [6.07, 6.45) is 0. The molecular formula is C17H19ClO. The molecule has 2 aromatic rings.